The Morgan fingerprint density at radius 3 is 2.47 bits per heavy atom. The topological polar surface area (TPSA) is 69.6 Å². The van der Waals surface area contributed by atoms with Crippen LogP contribution < -0.4 is 5.32 Å². The smallest absolute Gasteiger partial charge is 0.215 e. The minimum Gasteiger partial charge on any atom is -0.393 e. The van der Waals surface area contributed by atoms with Crippen molar-refractivity contribution >= 4 is 10.0 Å². The first-order valence-electron chi connectivity index (χ1n) is 6.47. The summed E-state index contributed by atoms with van der Waals surface area (Å²) in [6.07, 6.45) is 4.03. The quantitative estimate of drug-likeness (QED) is 0.746. The van der Waals surface area contributed by atoms with Crippen LogP contribution in [0.25, 0.3) is 0 Å². The van der Waals surface area contributed by atoms with Crippen LogP contribution in [-0.2, 0) is 10.0 Å². The normalized spacial score (nSPS) is 29.4. The third-order valence-corrected chi connectivity index (χ3v) is 5.62. The van der Waals surface area contributed by atoms with E-state index < -0.39 is 10.0 Å². The van der Waals surface area contributed by atoms with Gasteiger partial charge in [0, 0.05) is 19.1 Å². The van der Waals surface area contributed by atoms with Crippen molar-refractivity contribution in [2.45, 2.75) is 44.2 Å². The summed E-state index contributed by atoms with van der Waals surface area (Å²) in [5.74, 6) is 0.211. The molecule has 2 fully saturated rings. The lowest BCUT2D eigenvalue weighted by atomic mass is 10.1. The van der Waals surface area contributed by atoms with E-state index in [0.717, 1.165) is 25.8 Å². The van der Waals surface area contributed by atoms with Crippen LogP contribution in [0.5, 0.6) is 0 Å². The highest BCUT2D eigenvalue weighted by Crippen LogP contribution is 2.17. The SMILES string of the molecule is O=S(=O)(CC1CCCCN1)N1CCC(O)CC1. The van der Waals surface area contributed by atoms with Gasteiger partial charge in [0.15, 0.2) is 0 Å². The molecule has 0 radical (unpaired) electrons. The number of sulfonamides is 1. The Labute approximate surface area is 103 Å². The molecule has 0 spiro atoms. The first kappa shape index (κ1) is 13.3. The fourth-order valence-electron chi connectivity index (χ4n) is 2.55. The number of rotatable bonds is 3. The van der Waals surface area contributed by atoms with Gasteiger partial charge in [0.1, 0.15) is 0 Å². The van der Waals surface area contributed by atoms with Crippen LogP contribution in [0.3, 0.4) is 0 Å². The molecule has 0 aromatic heterocycles. The van der Waals surface area contributed by atoms with Gasteiger partial charge in [0.2, 0.25) is 10.0 Å². The highest BCUT2D eigenvalue weighted by atomic mass is 32.2. The molecule has 5 nitrogen and oxygen atoms in total. The molecule has 6 heteroatoms. The van der Waals surface area contributed by atoms with Crippen molar-refractivity contribution in [3.05, 3.63) is 0 Å². The number of nitrogens with zero attached hydrogens (tertiary/aromatic N) is 1. The standard InChI is InChI=1S/C11H22N2O3S/c14-11-4-7-13(8-5-11)17(15,16)9-10-3-1-2-6-12-10/h10-12,14H,1-9H2. The molecule has 0 bridgehead atoms. The van der Waals surface area contributed by atoms with Crippen LogP contribution >= 0.6 is 0 Å². The lowest BCUT2D eigenvalue weighted by molar-refractivity contribution is 0.113. The molecule has 17 heavy (non-hydrogen) atoms. The van der Waals surface area contributed by atoms with Crippen molar-refractivity contribution < 1.29 is 13.5 Å². The van der Waals surface area contributed by atoms with Gasteiger partial charge >= 0.3 is 0 Å². The van der Waals surface area contributed by atoms with E-state index in [9.17, 15) is 13.5 Å². The van der Waals surface area contributed by atoms with Crippen LogP contribution in [-0.4, -0.2) is 55.4 Å². The molecule has 0 saturated carbocycles. The van der Waals surface area contributed by atoms with E-state index in [1.54, 1.807) is 0 Å². The first-order chi connectivity index (χ1) is 8.08. The van der Waals surface area contributed by atoms with E-state index in [0.29, 0.717) is 25.9 Å². The third kappa shape index (κ3) is 3.64. The fourth-order valence-corrected chi connectivity index (χ4v) is 4.32. The second kappa shape index (κ2) is 5.65. The van der Waals surface area contributed by atoms with Crippen molar-refractivity contribution in [3.63, 3.8) is 0 Å². The second-order valence-electron chi connectivity index (χ2n) is 5.06. The van der Waals surface area contributed by atoms with Gasteiger partial charge in [-0.05, 0) is 32.2 Å². The van der Waals surface area contributed by atoms with Gasteiger partial charge in [-0.2, -0.15) is 0 Å². The summed E-state index contributed by atoms with van der Waals surface area (Å²) in [5, 5.41) is 12.6. The van der Waals surface area contributed by atoms with E-state index in [2.05, 4.69) is 5.32 Å². The van der Waals surface area contributed by atoms with Crippen molar-refractivity contribution in [2.75, 3.05) is 25.4 Å². The highest BCUT2D eigenvalue weighted by Gasteiger charge is 2.29. The summed E-state index contributed by atoms with van der Waals surface area (Å²) in [4.78, 5) is 0. The van der Waals surface area contributed by atoms with E-state index in [-0.39, 0.29) is 17.9 Å². The molecule has 1 atom stereocenters. The summed E-state index contributed by atoms with van der Waals surface area (Å²) in [6.45, 7) is 1.87. The highest BCUT2D eigenvalue weighted by molar-refractivity contribution is 7.89. The van der Waals surface area contributed by atoms with Crippen LogP contribution in [0.4, 0.5) is 0 Å². The van der Waals surface area contributed by atoms with Gasteiger partial charge in [-0.1, -0.05) is 6.42 Å². The molecule has 0 amide bonds. The predicted octanol–water partition coefficient (Wildman–Crippen LogP) is -0.0850. The molecule has 2 heterocycles. The molecule has 2 saturated heterocycles. The Morgan fingerprint density at radius 2 is 1.88 bits per heavy atom. The monoisotopic (exact) mass is 262 g/mol. The molecule has 1 unspecified atom stereocenters. The molecule has 2 aliphatic heterocycles. The zero-order valence-corrected chi connectivity index (χ0v) is 11.0. The average Bonchev–Trinajstić information content (AvgIpc) is 2.30. The molecular formula is C11H22N2O3S. The maximum absolute atomic E-state index is 12.2. The molecule has 2 aliphatic rings. The van der Waals surface area contributed by atoms with Gasteiger partial charge in [-0.15, -0.1) is 0 Å². The van der Waals surface area contributed by atoms with Gasteiger partial charge < -0.3 is 10.4 Å². The summed E-state index contributed by atoms with van der Waals surface area (Å²) in [6, 6.07) is 0.112. The number of nitrogens with one attached hydrogen (secondary N) is 1. The fraction of sp³-hybridized carbons (Fsp3) is 1.00. The maximum atomic E-state index is 12.2. The van der Waals surface area contributed by atoms with E-state index in [1.165, 1.54) is 4.31 Å². The number of hydrogen-bond acceptors (Lipinski definition) is 4. The van der Waals surface area contributed by atoms with Crippen LogP contribution in [0, 0.1) is 0 Å². The van der Waals surface area contributed by atoms with E-state index in [1.807, 2.05) is 0 Å². The Kier molecular flexibility index (Phi) is 4.41. The maximum Gasteiger partial charge on any atom is 0.215 e. The van der Waals surface area contributed by atoms with Gasteiger partial charge in [-0.25, -0.2) is 12.7 Å². The lowest BCUT2D eigenvalue weighted by Crippen LogP contribution is -2.47. The Hall–Kier alpha value is -0.170. The number of aliphatic hydroxyl groups excluding tert-OH is 1. The molecular weight excluding hydrogens is 240 g/mol. The van der Waals surface area contributed by atoms with Crippen LogP contribution in [0.1, 0.15) is 32.1 Å². The second-order valence-corrected chi connectivity index (χ2v) is 7.07. The van der Waals surface area contributed by atoms with E-state index >= 15 is 0 Å². The Morgan fingerprint density at radius 1 is 1.18 bits per heavy atom. The summed E-state index contributed by atoms with van der Waals surface area (Å²) < 4.78 is 25.9. The Balaban J connectivity index is 1.89. The molecule has 2 N–H and O–H groups in total. The summed E-state index contributed by atoms with van der Waals surface area (Å²) in [7, 11) is -3.15. The van der Waals surface area contributed by atoms with Crippen molar-refractivity contribution in [1.29, 1.82) is 0 Å². The number of hydrogen-bond donors (Lipinski definition) is 2. The predicted molar refractivity (Wildman–Crippen MR) is 66.2 cm³/mol. The molecule has 0 aliphatic carbocycles. The van der Waals surface area contributed by atoms with Crippen LogP contribution in [0.2, 0.25) is 0 Å². The first-order valence-corrected chi connectivity index (χ1v) is 8.08. The third-order valence-electron chi connectivity index (χ3n) is 3.64. The molecule has 0 aromatic rings. The molecule has 100 valence electrons. The summed E-state index contributed by atoms with van der Waals surface area (Å²) in [5.41, 5.74) is 0. The Bertz CT molecular complexity index is 331. The minimum atomic E-state index is -3.15. The minimum absolute atomic E-state index is 0.112. The van der Waals surface area contributed by atoms with Crippen LogP contribution in [0.15, 0.2) is 0 Å². The number of aliphatic hydroxyl groups is 1. The lowest BCUT2D eigenvalue weighted by Gasteiger charge is -2.31. The zero-order valence-electron chi connectivity index (χ0n) is 10.1. The summed E-state index contributed by atoms with van der Waals surface area (Å²) >= 11 is 0. The van der Waals surface area contributed by atoms with Crippen molar-refractivity contribution in [3.8, 4) is 0 Å². The average molecular weight is 262 g/mol. The van der Waals surface area contributed by atoms with E-state index in [4.69, 9.17) is 0 Å². The molecule has 0 aromatic carbocycles. The zero-order chi connectivity index (χ0) is 12.3. The van der Waals surface area contributed by atoms with Gasteiger partial charge in [-0.3, -0.25) is 0 Å². The largest absolute Gasteiger partial charge is 0.393 e. The molecule has 2 rings (SSSR count). The van der Waals surface area contributed by atoms with Crippen molar-refractivity contribution in [2.24, 2.45) is 0 Å². The van der Waals surface area contributed by atoms with Gasteiger partial charge in [0.05, 0.1) is 11.9 Å². The van der Waals surface area contributed by atoms with Gasteiger partial charge in [0.25, 0.3) is 0 Å². The number of piperidine rings is 2. The van der Waals surface area contributed by atoms with Crippen molar-refractivity contribution in [1.82, 2.24) is 9.62 Å².